The summed E-state index contributed by atoms with van der Waals surface area (Å²) < 4.78 is 0. The van der Waals surface area contributed by atoms with E-state index in [0.717, 1.165) is 37.6 Å². The quantitative estimate of drug-likeness (QED) is 0.651. The van der Waals surface area contributed by atoms with E-state index in [1.165, 1.54) is 16.7 Å². The fourth-order valence-corrected chi connectivity index (χ4v) is 3.72. The molecular formula is C23H27N5O. The number of hydrogen-bond acceptors (Lipinski definition) is 4. The van der Waals surface area contributed by atoms with Crippen molar-refractivity contribution in [3.05, 3.63) is 82.9 Å². The molecular weight excluding hydrogens is 362 g/mol. The summed E-state index contributed by atoms with van der Waals surface area (Å²) in [6, 6.07) is 18.6. The van der Waals surface area contributed by atoms with Crippen molar-refractivity contribution in [2.24, 2.45) is 0 Å². The Morgan fingerprint density at radius 3 is 2.62 bits per heavy atom. The lowest BCUT2D eigenvalue weighted by Crippen LogP contribution is -2.55. The van der Waals surface area contributed by atoms with Crippen LogP contribution >= 0.6 is 0 Å². The van der Waals surface area contributed by atoms with Gasteiger partial charge in [0, 0.05) is 32.5 Å². The van der Waals surface area contributed by atoms with Crippen molar-refractivity contribution in [1.29, 1.82) is 0 Å². The first-order valence-corrected chi connectivity index (χ1v) is 10.2. The first kappa shape index (κ1) is 19.3. The Labute approximate surface area is 171 Å². The third kappa shape index (κ3) is 5.09. The molecule has 1 unspecified atom stereocenters. The molecule has 0 bridgehead atoms. The monoisotopic (exact) mass is 389 g/mol. The Balaban J connectivity index is 1.40. The van der Waals surface area contributed by atoms with Crippen LogP contribution in [0.1, 0.15) is 28.3 Å². The average Bonchev–Trinajstić information content (AvgIpc) is 3.19. The van der Waals surface area contributed by atoms with Gasteiger partial charge in [0.05, 0.1) is 6.04 Å². The van der Waals surface area contributed by atoms with E-state index in [0.29, 0.717) is 13.0 Å². The Morgan fingerprint density at radius 1 is 1.03 bits per heavy atom. The van der Waals surface area contributed by atoms with Gasteiger partial charge in [0.2, 0.25) is 5.91 Å². The summed E-state index contributed by atoms with van der Waals surface area (Å²) in [5, 5.41) is 10.4. The Bertz CT molecular complexity index is 935. The van der Waals surface area contributed by atoms with E-state index in [-0.39, 0.29) is 11.9 Å². The Morgan fingerprint density at radius 2 is 1.83 bits per heavy atom. The highest BCUT2D eigenvalue weighted by Crippen LogP contribution is 2.15. The van der Waals surface area contributed by atoms with Gasteiger partial charge >= 0.3 is 0 Å². The van der Waals surface area contributed by atoms with Crippen LogP contribution in [0.4, 0.5) is 0 Å². The molecule has 1 aliphatic heterocycles. The standard InChI is InChI=1S/C23H27N5O/c1-17-7-9-19(10-8-17)16-28-14-13-24-23(29)20(28)15-22-25-21(26-27-22)12-11-18-5-3-2-4-6-18/h2-10,20H,11-16H2,1H3,(H,24,29)(H,25,26,27). The lowest BCUT2D eigenvalue weighted by atomic mass is 10.1. The highest BCUT2D eigenvalue weighted by molar-refractivity contribution is 5.82. The van der Waals surface area contributed by atoms with Crippen molar-refractivity contribution < 1.29 is 4.79 Å². The lowest BCUT2D eigenvalue weighted by Gasteiger charge is -2.34. The molecule has 1 fully saturated rings. The molecule has 1 atom stereocenters. The van der Waals surface area contributed by atoms with Gasteiger partial charge in [-0.05, 0) is 24.5 Å². The first-order chi connectivity index (χ1) is 14.2. The summed E-state index contributed by atoms with van der Waals surface area (Å²) in [6.07, 6.45) is 2.22. The van der Waals surface area contributed by atoms with Crippen molar-refractivity contribution in [3.8, 4) is 0 Å². The maximum absolute atomic E-state index is 12.6. The van der Waals surface area contributed by atoms with Gasteiger partial charge in [-0.2, -0.15) is 5.10 Å². The number of hydrogen-bond donors (Lipinski definition) is 2. The zero-order chi connectivity index (χ0) is 20.1. The molecule has 0 spiro atoms. The first-order valence-electron chi connectivity index (χ1n) is 10.2. The number of aryl methyl sites for hydroxylation is 3. The van der Waals surface area contributed by atoms with Crippen molar-refractivity contribution in [3.63, 3.8) is 0 Å². The molecule has 150 valence electrons. The molecule has 1 amide bonds. The average molecular weight is 390 g/mol. The molecule has 0 radical (unpaired) electrons. The number of benzene rings is 2. The van der Waals surface area contributed by atoms with Crippen LogP contribution in [0, 0.1) is 6.92 Å². The third-order valence-corrected chi connectivity index (χ3v) is 5.39. The van der Waals surface area contributed by atoms with Crippen molar-refractivity contribution in [1.82, 2.24) is 25.4 Å². The molecule has 3 aromatic rings. The maximum atomic E-state index is 12.6. The number of nitrogens with one attached hydrogen (secondary N) is 2. The minimum absolute atomic E-state index is 0.0607. The number of carbonyl (C=O) groups is 1. The van der Waals surface area contributed by atoms with Crippen LogP contribution in [0.5, 0.6) is 0 Å². The van der Waals surface area contributed by atoms with Crippen LogP contribution in [0.15, 0.2) is 54.6 Å². The van der Waals surface area contributed by atoms with Gasteiger partial charge in [0.15, 0.2) is 5.82 Å². The molecule has 0 aliphatic carbocycles. The summed E-state index contributed by atoms with van der Waals surface area (Å²) in [5.41, 5.74) is 3.73. The van der Waals surface area contributed by atoms with E-state index in [1.54, 1.807) is 0 Å². The number of aromatic nitrogens is 3. The number of rotatable bonds is 7. The number of H-pyrrole nitrogens is 1. The number of piperazine rings is 1. The molecule has 1 aromatic heterocycles. The molecule has 0 saturated carbocycles. The van der Waals surface area contributed by atoms with Gasteiger partial charge in [-0.15, -0.1) is 0 Å². The SMILES string of the molecule is Cc1ccc(CN2CCNC(=O)C2Cc2nc(CCc3ccccc3)n[nH]2)cc1. The minimum atomic E-state index is -0.236. The summed E-state index contributed by atoms with van der Waals surface area (Å²) in [4.78, 5) is 19.4. The van der Waals surface area contributed by atoms with E-state index in [2.05, 4.69) is 68.7 Å². The number of nitrogens with zero attached hydrogens (tertiary/aromatic N) is 3. The second-order valence-corrected chi connectivity index (χ2v) is 7.65. The largest absolute Gasteiger partial charge is 0.353 e. The van der Waals surface area contributed by atoms with Gasteiger partial charge in [0.1, 0.15) is 5.82 Å². The zero-order valence-corrected chi connectivity index (χ0v) is 16.8. The molecule has 29 heavy (non-hydrogen) atoms. The molecule has 6 nitrogen and oxygen atoms in total. The van der Waals surface area contributed by atoms with Crippen LogP contribution < -0.4 is 5.32 Å². The maximum Gasteiger partial charge on any atom is 0.237 e. The summed E-state index contributed by atoms with van der Waals surface area (Å²) in [6.45, 7) is 4.35. The molecule has 2 aromatic carbocycles. The van der Waals surface area contributed by atoms with E-state index in [1.807, 2.05) is 18.2 Å². The third-order valence-electron chi connectivity index (χ3n) is 5.39. The van der Waals surface area contributed by atoms with E-state index in [9.17, 15) is 4.79 Å². The van der Waals surface area contributed by atoms with Crippen LogP contribution in [0.25, 0.3) is 0 Å². The van der Waals surface area contributed by atoms with Crippen molar-refractivity contribution in [2.45, 2.75) is 38.8 Å². The normalized spacial score (nSPS) is 17.3. The highest BCUT2D eigenvalue weighted by atomic mass is 16.2. The molecule has 1 aliphatic rings. The van der Waals surface area contributed by atoms with Crippen molar-refractivity contribution in [2.75, 3.05) is 13.1 Å². The van der Waals surface area contributed by atoms with Gasteiger partial charge in [-0.3, -0.25) is 14.8 Å². The molecule has 6 heteroatoms. The Hall–Kier alpha value is -2.99. The number of amides is 1. The van der Waals surface area contributed by atoms with Crippen molar-refractivity contribution >= 4 is 5.91 Å². The highest BCUT2D eigenvalue weighted by Gasteiger charge is 2.30. The molecule has 2 heterocycles. The Kier molecular flexibility index (Phi) is 6.00. The topological polar surface area (TPSA) is 73.9 Å². The van der Waals surface area contributed by atoms with Gasteiger partial charge in [0.25, 0.3) is 0 Å². The number of aromatic amines is 1. The predicted molar refractivity (Wildman–Crippen MR) is 112 cm³/mol. The molecule has 1 saturated heterocycles. The van der Waals surface area contributed by atoms with E-state index in [4.69, 9.17) is 0 Å². The summed E-state index contributed by atoms with van der Waals surface area (Å²) >= 11 is 0. The molecule has 2 N–H and O–H groups in total. The second kappa shape index (κ2) is 9.01. The van der Waals surface area contributed by atoms with Gasteiger partial charge in [-0.1, -0.05) is 60.2 Å². The van der Waals surface area contributed by atoms with Gasteiger partial charge in [-0.25, -0.2) is 4.98 Å². The van der Waals surface area contributed by atoms with Crippen LogP contribution in [-0.2, 0) is 30.6 Å². The fraction of sp³-hybridized carbons (Fsp3) is 0.348. The minimum Gasteiger partial charge on any atom is -0.353 e. The second-order valence-electron chi connectivity index (χ2n) is 7.65. The smallest absolute Gasteiger partial charge is 0.237 e. The fourth-order valence-electron chi connectivity index (χ4n) is 3.72. The van der Waals surface area contributed by atoms with E-state index < -0.39 is 0 Å². The predicted octanol–water partition coefficient (Wildman–Crippen LogP) is 2.44. The zero-order valence-electron chi connectivity index (χ0n) is 16.8. The summed E-state index contributed by atoms with van der Waals surface area (Å²) in [7, 11) is 0. The van der Waals surface area contributed by atoms with Gasteiger partial charge < -0.3 is 5.32 Å². The molecule has 4 rings (SSSR count). The van der Waals surface area contributed by atoms with E-state index >= 15 is 0 Å². The summed E-state index contributed by atoms with van der Waals surface area (Å²) in [5.74, 6) is 1.62. The van der Waals surface area contributed by atoms with Crippen LogP contribution in [0.2, 0.25) is 0 Å². The van der Waals surface area contributed by atoms with Crippen LogP contribution in [0.3, 0.4) is 0 Å². The number of carbonyl (C=O) groups excluding carboxylic acids is 1. The van der Waals surface area contributed by atoms with Crippen LogP contribution in [-0.4, -0.2) is 45.1 Å². The lowest BCUT2D eigenvalue weighted by molar-refractivity contribution is -0.129.